The summed E-state index contributed by atoms with van der Waals surface area (Å²) in [5.74, 6) is 0.580. The smallest absolute Gasteiger partial charge is 0.243 e. The number of amides is 2. The lowest BCUT2D eigenvalue weighted by molar-refractivity contribution is -0.116. The van der Waals surface area contributed by atoms with E-state index in [0.29, 0.717) is 18.7 Å². The molecule has 31 heavy (non-hydrogen) atoms. The third-order valence-corrected chi connectivity index (χ3v) is 4.58. The molecule has 0 heterocycles. The molecule has 0 unspecified atom stereocenters. The molecule has 0 aliphatic rings. The summed E-state index contributed by atoms with van der Waals surface area (Å²) in [5, 5.41) is 8.70. The van der Waals surface area contributed by atoms with Gasteiger partial charge in [-0.2, -0.15) is 0 Å². The zero-order valence-electron chi connectivity index (χ0n) is 17.6. The summed E-state index contributed by atoms with van der Waals surface area (Å²) < 4.78 is 5.76. The monoisotopic (exact) mass is 417 g/mol. The van der Waals surface area contributed by atoms with E-state index < -0.39 is 0 Å². The van der Waals surface area contributed by atoms with Crippen LogP contribution in [0.1, 0.15) is 18.9 Å². The van der Waals surface area contributed by atoms with Crippen molar-refractivity contribution >= 4 is 28.9 Å². The first-order valence-electron chi connectivity index (χ1n) is 10.3. The van der Waals surface area contributed by atoms with Gasteiger partial charge in [-0.25, -0.2) is 0 Å². The van der Waals surface area contributed by atoms with Gasteiger partial charge in [-0.3, -0.25) is 9.59 Å². The first kappa shape index (κ1) is 21.9. The summed E-state index contributed by atoms with van der Waals surface area (Å²) in [6.07, 6.45) is 1.28. The van der Waals surface area contributed by atoms with E-state index in [2.05, 4.69) is 28.1 Å². The molecule has 3 N–H and O–H groups in total. The van der Waals surface area contributed by atoms with Gasteiger partial charge in [-0.15, -0.1) is 0 Å². The number of nitrogens with one attached hydrogen (secondary N) is 3. The first-order chi connectivity index (χ1) is 15.1. The topological polar surface area (TPSA) is 79.5 Å². The van der Waals surface area contributed by atoms with Gasteiger partial charge in [0.25, 0.3) is 0 Å². The van der Waals surface area contributed by atoms with Crippen LogP contribution < -0.4 is 20.7 Å². The van der Waals surface area contributed by atoms with Gasteiger partial charge in [0.2, 0.25) is 11.8 Å². The van der Waals surface area contributed by atoms with Crippen molar-refractivity contribution in [3.8, 4) is 5.75 Å². The maximum Gasteiger partial charge on any atom is 0.243 e. The molecule has 2 amide bonds. The largest absolute Gasteiger partial charge is 0.493 e. The number of carbonyl (C=O) groups is 2. The highest BCUT2D eigenvalue weighted by Gasteiger charge is 2.04. The molecule has 6 nitrogen and oxygen atoms in total. The van der Waals surface area contributed by atoms with Gasteiger partial charge in [-0.05, 0) is 54.1 Å². The van der Waals surface area contributed by atoms with Crippen molar-refractivity contribution in [3.05, 3.63) is 84.4 Å². The molecule has 3 rings (SSSR count). The Kier molecular flexibility index (Phi) is 8.05. The van der Waals surface area contributed by atoms with Gasteiger partial charge in [0, 0.05) is 29.9 Å². The van der Waals surface area contributed by atoms with Gasteiger partial charge in [-0.1, -0.05) is 37.3 Å². The average molecular weight is 418 g/mol. The Labute approximate surface area is 182 Å². The lowest BCUT2D eigenvalue weighted by atomic mass is 10.2. The normalized spacial score (nSPS) is 10.2. The van der Waals surface area contributed by atoms with E-state index in [1.54, 1.807) is 19.1 Å². The Morgan fingerprint density at radius 2 is 1.32 bits per heavy atom. The van der Waals surface area contributed by atoms with E-state index >= 15 is 0 Å². The molecule has 0 aromatic heterocycles. The second-order valence-electron chi connectivity index (χ2n) is 6.99. The average Bonchev–Trinajstić information content (AvgIpc) is 2.80. The number of hydrogen-bond acceptors (Lipinski definition) is 4. The molecule has 0 aliphatic heterocycles. The van der Waals surface area contributed by atoms with E-state index in [-0.39, 0.29) is 18.4 Å². The van der Waals surface area contributed by atoms with Crippen LogP contribution in [0.25, 0.3) is 0 Å². The maximum atomic E-state index is 12.2. The molecule has 6 heteroatoms. The molecule has 3 aromatic carbocycles. The molecule has 0 spiro atoms. The SMILES string of the molecule is CCC(=O)Nc1ccc(NCC(=O)Nc2ccc(OCCc3ccccc3)cc2)cc1. The highest BCUT2D eigenvalue weighted by Crippen LogP contribution is 2.17. The zero-order valence-corrected chi connectivity index (χ0v) is 17.6. The van der Waals surface area contributed by atoms with Crippen LogP contribution in [-0.2, 0) is 16.0 Å². The minimum Gasteiger partial charge on any atom is -0.493 e. The van der Waals surface area contributed by atoms with Gasteiger partial charge < -0.3 is 20.7 Å². The van der Waals surface area contributed by atoms with E-state index in [9.17, 15) is 9.59 Å². The molecule has 0 bridgehead atoms. The van der Waals surface area contributed by atoms with Crippen molar-refractivity contribution in [2.75, 3.05) is 29.1 Å². The van der Waals surface area contributed by atoms with Gasteiger partial charge in [0.15, 0.2) is 0 Å². The number of anilines is 3. The van der Waals surface area contributed by atoms with Crippen LogP contribution in [0.15, 0.2) is 78.9 Å². The van der Waals surface area contributed by atoms with Crippen molar-refractivity contribution in [1.29, 1.82) is 0 Å². The van der Waals surface area contributed by atoms with Crippen molar-refractivity contribution in [3.63, 3.8) is 0 Å². The summed E-state index contributed by atoms with van der Waals surface area (Å²) in [4.78, 5) is 23.6. The Bertz CT molecular complexity index is 971. The highest BCUT2D eigenvalue weighted by atomic mass is 16.5. The summed E-state index contributed by atoms with van der Waals surface area (Å²) in [7, 11) is 0. The third-order valence-electron chi connectivity index (χ3n) is 4.58. The minimum atomic E-state index is -0.152. The number of benzene rings is 3. The maximum absolute atomic E-state index is 12.2. The highest BCUT2D eigenvalue weighted by molar-refractivity contribution is 5.94. The number of hydrogen-bond donors (Lipinski definition) is 3. The summed E-state index contributed by atoms with van der Waals surface area (Å²) in [6.45, 7) is 2.53. The van der Waals surface area contributed by atoms with Crippen molar-refractivity contribution in [1.82, 2.24) is 0 Å². The molecule has 160 valence electrons. The standard InChI is InChI=1S/C25H27N3O3/c1-2-24(29)27-21-10-8-20(9-11-21)26-18-25(30)28-22-12-14-23(15-13-22)31-17-16-19-6-4-3-5-7-19/h3-15,26H,2,16-18H2,1H3,(H,27,29)(H,28,30). The van der Waals surface area contributed by atoms with Crippen LogP contribution in [0.2, 0.25) is 0 Å². The van der Waals surface area contributed by atoms with Gasteiger partial charge in [0.05, 0.1) is 13.2 Å². The second-order valence-corrected chi connectivity index (χ2v) is 6.99. The molecule has 0 saturated carbocycles. The molecule has 0 radical (unpaired) electrons. The van der Waals surface area contributed by atoms with Crippen LogP contribution in [0, 0.1) is 0 Å². The zero-order chi connectivity index (χ0) is 21.9. The Morgan fingerprint density at radius 1 is 0.742 bits per heavy atom. The van der Waals surface area contributed by atoms with Crippen molar-refractivity contribution in [2.45, 2.75) is 19.8 Å². The van der Waals surface area contributed by atoms with Crippen LogP contribution in [0.3, 0.4) is 0 Å². The minimum absolute atomic E-state index is 0.0345. The summed E-state index contributed by atoms with van der Waals surface area (Å²) >= 11 is 0. The van der Waals surface area contributed by atoms with Crippen LogP contribution in [0.4, 0.5) is 17.1 Å². The van der Waals surface area contributed by atoms with Gasteiger partial charge in [0.1, 0.15) is 5.75 Å². The first-order valence-corrected chi connectivity index (χ1v) is 10.3. The second kappa shape index (κ2) is 11.4. The number of ether oxygens (including phenoxy) is 1. The summed E-state index contributed by atoms with van der Waals surface area (Å²) in [6, 6.07) is 24.7. The number of rotatable bonds is 10. The van der Waals surface area contributed by atoms with E-state index in [4.69, 9.17) is 4.74 Å². The van der Waals surface area contributed by atoms with Crippen LogP contribution in [0.5, 0.6) is 5.75 Å². The Morgan fingerprint density at radius 3 is 1.97 bits per heavy atom. The van der Waals surface area contributed by atoms with E-state index in [1.165, 1.54) is 5.56 Å². The van der Waals surface area contributed by atoms with Crippen LogP contribution in [-0.4, -0.2) is 25.0 Å². The fraction of sp³-hybridized carbons (Fsp3) is 0.200. The molecule has 0 atom stereocenters. The third kappa shape index (κ3) is 7.51. The van der Waals surface area contributed by atoms with Crippen molar-refractivity contribution in [2.24, 2.45) is 0 Å². The number of carbonyl (C=O) groups excluding carboxylic acids is 2. The molecule has 0 aliphatic carbocycles. The predicted octanol–water partition coefficient (Wildman–Crippen LogP) is 4.71. The van der Waals surface area contributed by atoms with E-state index in [1.807, 2.05) is 54.6 Å². The Hall–Kier alpha value is -3.80. The lowest BCUT2D eigenvalue weighted by Gasteiger charge is -2.10. The summed E-state index contributed by atoms with van der Waals surface area (Å²) in [5.41, 5.74) is 3.47. The lowest BCUT2D eigenvalue weighted by Crippen LogP contribution is -2.21. The predicted molar refractivity (Wildman–Crippen MR) is 125 cm³/mol. The molecule has 0 saturated heterocycles. The fourth-order valence-electron chi connectivity index (χ4n) is 2.87. The molecular weight excluding hydrogens is 390 g/mol. The Balaban J connectivity index is 1.39. The molecular formula is C25H27N3O3. The molecule has 0 fully saturated rings. The van der Waals surface area contributed by atoms with Gasteiger partial charge >= 0.3 is 0 Å². The fourth-order valence-corrected chi connectivity index (χ4v) is 2.87. The van der Waals surface area contributed by atoms with Crippen LogP contribution >= 0.6 is 0 Å². The quantitative estimate of drug-likeness (QED) is 0.446. The molecule has 3 aromatic rings. The van der Waals surface area contributed by atoms with Crippen molar-refractivity contribution < 1.29 is 14.3 Å². The van der Waals surface area contributed by atoms with E-state index in [0.717, 1.165) is 23.5 Å².